The molecule has 0 spiro atoms. The van der Waals surface area contributed by atoms with Crippen molar-refractivity contribution in [1.82, 2.24) is 9.97 Å². The van der Waals surface area contributed by atoms with Crippen LogP contribution in [-0.4, -0.2) is 9.97 Å². The van der Waals surface area contributed by atoms with Gasteiger partial charge in [0.05, 0.1) is 0 Å². The van der Waals surface area contributed by atoms with E-state index in [0.29, 0.717) is 20.7 Å². The van der Waals surface area contributed by atoms with Gasteiger partial charge in [0.25, 0.3) is 5.56 Å². The van der Waals surface area contributed by atoms with Gasteiger partial charge in [0.1, 0.15) is 4.47 Å². The second kappa shape index (κ2) is 3.70. The molecule has 2 heterocycles. The minimum absolute atomic E-state index is 0.234. The summed E-state index contributed by atoms with van der Waals surface area (Å²) >= 11 is 6.23. The van der Waals surface area contributed by atoms with Gasteiger partial charge in [-0.15, -0.1) is 0 Å². The van der Waals surface area contributed by atoms with Gasteiger partial charge in [-0.25, -0.2) is 4.98 Å². The van der Waals surface area contributed by atoms with Crippen molar-refractivity contribution in [2.24, 2.45) is 0 Å². The second-order valence-electron chi connectivity index (χ2n) is 2.51. The Bertz CT molecular complexity index is 518. The maximum absolute atomic E-state index is 11.2. The van der Waals surface area contributed by atoms with Gasteiger partial charge in [0.2, 0.25) is 0 Å². The fraction of sp³-hybridized carbons (Fsp3) is 0. The monoisotopic (exact) mass is 318 g/mol. The molecule has 0 aliphatic carbocycles. The van der Waals surface area contributed by atoms with Crippen molar-refractivity contribution >= 4 is 31.9 Å². The van der Waals surface area contributed by atoms with E-state index in [2.05, 4.69) is 41.8 Å². The van der Waals surface area contributed by atoms with Crippen LogP contribution in [0.15, 0.2) is 36.7 Å². The Morgan fingerprint density at radius 1 is 1.36 bits per heavy atom. The van der Waals surface area contributed by atoms with E-state index >= 15 is 0 Å². The molecule has 0 aliphatic rings. The van der Waals surface area contributed by atoms with E-state index in [-0.39, 0.29) is 5.56 Å². The zero-order valence-corrected chi connectivity index (χ0v) is 9.92. The van der Waals surface area contributed by atoms with Crippen molar-refractivity contribution < 1.29 is 4.42 Å². The van der Waals surface area contributed by atoms with Crippen LogP contribution in [0.5, 0.6) is 0 Å². The van der Waals surface area contributed by atoms with Gasteiger partial charge in [-0.3, -0.25) is 4.79 Å². The molecule has 0 bridgehead atoms. The van der Waals surface area contributed by atoms with E-state index in [1.807, 2.05) is 0 Å². The molecule has 6 heteroatoms. The Hall–Kier alpha value is -0.880. The number of furan rings is 1. The van der Waals surface area contributed by atoms with E-state index in [1.165, 1.54) is 6.20 Å². The van der Waals surface area contributed by atoms with E-state index in [9.17, 15) is 4.79 Å². The van der Waals surface area contributed by atoms with E-state index in [4.69, 9.17) is 4.42 Å². The van der Waals surface area contributed by atoms with E-state index in [0.717, 1.165) is 0 Å². The Kier molecular flexibility index (Phi) is 2.56. The average molecular weight is 320 g/mol. The van der Waals surface area contributed by atoms with Crippen LogP contribution in [0.4, 0.5) is 0 Å². The third-order valence-corrected chi connectivity index (χ3v) is 2.55. The molecule has 0 saturated heterocycles. The van der Waals surface area contributed by atoms with Crippen molar-refractivity contribution in [2.75, 3.05) is 0 Å². The highest BCUT2D eigenvalue weighted by atomic mass is 79.9. The molecule has 14 heavy (non-hydrogen) atoms. The second-order valence-corrected chi connectivity index (χ2v) is 4.15. The topological polar surface area (TPSA) is 58.9 Å². The minimum atomic E-state index is -0.234. The molecule has 0 atom stereocenters. The molecule has 0 unspecified atom stereocenters. The van der Waals surface area contributed by atoms with Crippen molar-refractivity contribution in [3.05, 3.63) is 37.8 Å². The molecule has 2 aromatic heterocycles. The Labute approximate surface area is 95.6 Å². The fourth-order valence-corrected chi connectivity index (χ4v) is 1.45. The molecule has 0 fully saturated rings. The summed E-state index contributed by atoms with van der Waals surface area (Å²) in [6.45, 7) is 0. The number of nitrogens with one attached hydrogen (secondary N) is 1. The van der Waals surface area contributed by atoms with E-state index < -0.39 is 0 Å². The van der Waals surface area contributed by atoms with Crippen LogP contribution in [-0.2, 0) is 0 Å². The number of hydrogen-bond acceptors (Lipinski definition) is 3. The average Bonchev–Trinajstić information content (AvgIpc) is 2.57. The van der Waals surface area contributed by atoms with Crippen molar-refractivity contribution in [2.45, 2.75) is 0 Å². The van der Waals surface area contributed by atoms with Gasteiger partial charge in [0, 0.05) is 6.20 Å². The molecule has 4 nitrogen and oxygen atoms in total. The quantitative estimate of drug-likeness (QED) is 0.878. The van der Waals surface area contributed by atoms with Gasteiger partial charge < -0.3 is 9.40 Å². The van der Waals surface area contributed by atoms with Crippen LogP contribution in [0.1, 0.15) is 0 Å². The number of nitrogens with zero attached hydrogens (tertiary/aromatic N) is 1. The van der Waals surface area contributed by atoms with Crippen molar-refractivity contribution in [3.63, 3.8) is 0 Å². The van der Waals surface area contributed by atoms with Crippen LogP contribution in [0.3, 0.4) is 0 Å². The molecule has 2 rings (SSSR count). The molecule has 0 saturated carbocycles. The lowest BCUT2D eigenvalue weighted by Crippen LogP contribution is -2.08. The molecule has 0 amide bonds. The number of rotatable bonds is 1. The maximum Gasteiger partial charge on any atom is 0.265 e. The lowest BCUT2D eigenvalue weighted by molar-refractivity contribution is 0.551. The van der Waals surface area contributed by atoms with Crippen molar-refractivity contribution in [1.29, 1.82) is 0 Å². The number of H-pyrrole nitrogens is 1. The Balaban J connectivity index is 2.53. The third kappa shape index (κ3) is 1.80. The first-order valence-corrected chi connectivity index (χ1v) is 5.26. The molecule has 2 aromatic rings. The van der Waals surface area contributed by atoms with Gasteiger partial charge in [-0.1, -0.05) is 0 Å². The first-order chi connectivity index (χ1) is 6.66. The normalized spacial score (nSPS) is 10.4. The highest BCUT2D eigenvalue weighted by Gasteiger charge is 2.06. The Morgan fingerprint density at radius 2 is 2.14 bits per heavy atom. The molecule has 72 valence electrons. The lowest BCUT2D eigenvalue weighted by Gasteiger charge is -1.95. The van der Waals surface area contributed by atoms with Crippen LogP contribution in [0.25, 0.3) is 11.6 Å². The fourth-order valence-electron chi connectivity index (χ4n) is 0.946. The highest BCUT2D eigenvalue weighted by molar-refractivity contribution is 9.10. The lowest BCUT2D eigenvalue weighted by atomic mass is 10.4. The summed E-state index contributed by atoms with van der Waals surface area (Å²) in [4.78, 5) is 17.8. The summed E-state index contributed by atoms with van der Waals surface area (Å²) < 4.78 is 6.22. The standard InChI is InChI=1S/C8H4Br2N2O2/c9-4-3-11-7(12-8(4)13)5-1-2-6(10)14-5/h1-3H,(H,11,12,13). The van der Waals surface area contributed by atoms with Gasteiger partial charge in [-0.05, 0) is 44.0 Å². The summed E-state index contributed by atoms with van der Waals surface area (Å²) in [7, 11) is 0. The largest absolute Gasteiger partial charge is 0.446 e. The van der Waals surface area contributed by atoms with Crippen LogP contribution in [0, 0.1) is 0 Å². The van der Waals surface area contributed by atoms with Crippen LogP contribution < -0.4 is 5.56 Å². The van der Waals surface area contributed by atoms with E-state index in [1.54, 1.807) is 12.1 Å². The predicted octanol–water partition coefficient (Wildman–Crippen LogP) is 2.55. The summed E-state index contributed by atoms with van der Waals surface area (Å²) in [5, 5.41) is 0. The molecule has 1 N–H and O–H groups in total. The van der Waals surface area contributed by atoms with Gasteiger partial charge in [0.15, 0.2) is 16.3 Å². The zero-order chi connectivity index (χ0) is 10.1. The zero-order valence-electron chi connectivity index (χ0n) is 6.75. The SMILES string of the molecule is O=c1[nH]c(-c2ccc(Br)o2)ncc1Br. The van der Waals surface area contributed by atoms with Crippen LogP contribution in [0.2, 0.25) is 0 Å². The van der Waals surface area contributed by atoms with Gasteiger partial charge >= 0.3 is 0 Å². The summed E-state index contributed by atoms with van der Waals surface area (Å²) in [5.74, 6) is 0.922. The maximum atomic E-state index is 11.2. The third-order valence-electron chi connectivity index (χ3n) is 1.56. The van der Waals surface area contributed by atoms with Crippen molar-refractivity contribution in [3.8, 4) is 11.6 Å². The number of aromatic amines is 1. The summed E-state index contributed by atoms with van der Waals surface area (Å²) in [5.41, 5.74) is -0.234. The predicted molar refractivity (Wildman–Crippen MR) is 58.0 cm³/mol. The molecule has 0 radical (unpaired) electrons. The number of aromatic nitrogens is 2. The summed E-state index contributed by atoms with van der Waals surface area (Å²) in [6.07, 6.45) is 1.44. The van der Waals surface area contributed by atoms with Crippen LogP contribution >= 0.6 is 31.9 Å². The number of hydrogen-bond donors (Lipinski definition) is 1. The highest BCUT2D eigenvalue weighted by Crippen LogP contribution is 2.21. The molecule has 0 aromatic carbocycles. The molecule has 0 aliphatic heterocycles. The minimum Gasteiger partial charge on any atom is -0.446 e. The smallest absolute Gasteiger partial charge is 0.265 e. The molecular formula is C8H4Br2N2O2. The Morgan fingerprint density at radius 3 is 2.71 bits per heavy atom. The first-order valence-electron chi connectivity index (χ1n) is 3.67. The van der Waals surface area contributed by atoms with Gasteiger partial charge in [-0.2, -0.15) is 0 Å². The number of halogens is 2. The summed E-state index contributed by atoms with van der Waals surface area (Å²) in [6, 6.07) is 3.45. The molecular weight excluding hydrogens is 316 g/mol. The first kappa shape index (κ1) is 9.67.